The maximum Gasteiger partial charge on any atom is 0.215 e. The predicted octanol–water partition coefficient (Wildman–Crippen LogP) is -1.15. The molecule has 1 aliphatic rings. The van der Waals surface area contributed by atoms with Crippen molar-refractivity contribution in [1.82, 2.24) is 9.62 Å². The van der Waals surface area contributed by atoms with Crippen LogP contribution in [0, 0.1) is 5.92 Å². The first-order valence-corrected chi connectivity index (χ1v) is 6.44. The van der Waals surface area contributed by atoms with Crippen molar-refractivity contribution < 1.29 is 13.5 Å². The summed E-state index contributed by atoms with van der Waals surface area (Å²) in [6, 6.07) is 0. The van der Waals surface area contributed by atoms with Gasteiger partial charge in [0.1, 0.15) is 0 Å². The van der Waals surface area contributed by atoms with Crippen molar-refractivity contribution in [1.29, 1.82) is 0 Å². The molecule has 0 saturated carbocycles. The molecular weight excluding hydrogens is 204 g/mol. The molecule has 1 unspecified atom stereocenters. The minimum atomic E-state index is -3.11. The molecule has 1 aliphatic heterocycles. The molecular formula is C8H18N2O3S. The van der Waals surface area contributed by atoms with Crippen LogP contribution in [0.5, 0.6) is 0 Å². The van der Waals surface area contributed by atoms with Crippen LogP contribution < -0.4 is 5.32 Å². The van der Waals surface area contributed by atoms with Gasteiger partial charge < -0.3 is 10.4 Å². The third kappa shape index (κ3) is 2.91. The fourth-order valence-electron chi connectivity index (χ4n) is 1.56. The highest BCUT2D eigenvalue weighted by Crippen LogP contribution is 2.18. The van der Waals surface area contributed by atoms with E-state index >= 15 is 0 Å². The van der Waals surface area contributed by atoms with Crippen LogP contribution in [-0.2, 0) is 10.0 Å². The van der Waals surface area contributed by atoms with E-state index in [9.17, 15) is 8.42 Å². The molecule has 1 saturated heterocycles. The molecule has 0 radical (unpaired) electrons. The lowest BCUT2D eigenvalue weighted by molar-refractivity contribution is 0.233. The lowest BCUT2D eigenvalue weighted by Crippen LogP contribution is -2.34. The van der Waals surface area contributed by atoms with E-state index in [1.807, 2.05) is 0 Å². The van der Waals surface area contributed by atoms with E-state index in [1.54, 1.807) is 7.05 Å². The Morgan fingerprint density at radius 1 is 1.57 bits per heavy atom. The van der Waals surface area contributed by atoms with Gasteiger partial charge in [-0.1, -0.05) is 0 Å². The molecule has 84 valence electrons. The van der Waals surface area contributed by atoms with E-state index in [0.29, 0.717) is 19.6 Å². The van der Waals surface area contributed by atoms with E-state index < -0.39 is 10.0 Å². The smallest absolute Gasteiger partial charge is 0.215 e. The molecule has 14 heavy (non-hydrogen) atoms. The van der Waals surface area contributed by atoms with Crippen LogP contribution in [0.4, 0.5) is 0 Å². The van der Waals surface area contributed by atoms with Gasteiger partial charge in [-0.25, -0.2) is 12.7 Å². The Labute approximate surface area is 85.2 Å². The zero-order chi connectivity index (χ0) is 10.6. The summed E-state index contributed by atoms with van der Waals surface area (Å²) in [5.74, 6) is 0.265. The van der Waals surface area contributed by atoms with E-state index in [2.05, 4.69) is 5.32 Å². The monoisotopic (exact) mass is 222 g/mol. The third-order valence-corrected chi connectivity index (χ3v) is 4.35. The zero-order valence-electron chi connectivity index (χ0n) is 8.44. The Kier molecular flexibility index (Phi) is 4.31. The lowest BCUT2D eigenvalue weighted by Gasteiger charge is -2.15. The summed E-state index contributed by atoms with van der Waals surface area (Å²) in [4.78, 5) is 0. The fourth-order valence-corrected chi connectivity index (χ4v) is 3.10. The van der Waals surface area contributed by atoms with Crippen LogP contribution in [-0.4, -0.2) is 56.9 Å². The summed E-state index contributed by atoms with van der Waals surface area (Å²) in [5.41, 5.74) is 0. The molecule has 0 aromatic heterocycles. The van der Waals surface area contributed by atoms with Gasteiger partial charge in [0.15, 0.2) is 0 Å². The Bertz CT molecular complexity index is 266. The Hall–Kier alpha value is -0.170. The minimum absolute atomic E-state index is 0.0814. The van der Waals surface area contributed by atoms with Gasteiger partial charge >= 0.3 is 0 Å². The second-order valence-corrected chi connectivity index (χ2v) is 5.70. The van der Waals surface area contributed by atoms with Crippen LogP contribution in [0.2, 0.25) is 0 Å². The maximum atomic E-state index is 11.7. The van der Waals surface area contributed by atoms with Crippen LogP contribution in [0.3, 0.4) is 0 Å². The second kappa shape index (κ2) is 5.06. The van der Waals surface area contributed by atoms with Crippen LogP contribution in [0.15, 0.2) is 0 Å². The molecule has 1 atom stereocenters. The zero-order valence-corrected chi connectivity index (χ0v) is 9.26. The van der Waals surface area contributed by atoms with Gasteiger partial charge in [-0.15, -0.1) is 0 Å². The van der Waals surface area contributed by atoms with Gasteiger partial charge in [0.05, 0.1) is 5.75 Å². The Balaban J connectivity index is 2.49. The number of sulfonamides is 1. The van der Waals surface area contributed by atoms with E-state index in [1.165, 1.54) is 4.31 Å². The number of nitrogens with zero attached hydrogens (tertiary/aromatic N) is 1. The highest BCUT2D eigenvalue weighted by Gasteiger charge is 2.30. The van der Waals surface area contributed by atoms with Crippen LogP contribution in [0.1, 0.15) is 6.42 Å². The quantitative estimate of drug-likeness (QED) is 0.616. The summed E-state index contributed by atoms with van der Waals surface area (Å²) < 4.78 is 24.8. The fraction of sp³-hybridized carbons (Fsp3) is 1.00. The molecule has 1 rings (SSSR count). The standard InChI is InChI=1S/C8H18N2O3S/c1-9-3-5-14(12,13)10-4-2-8(6-10)7-11/h8-9,11H,2-7H2,1H3. The topological polar surface area (TPSA) is 69.6 Å². The number of nitrogens with one attached hydrogen (secondary N) is 1. The van der Waals surface area contributed by atoms with Crippen molar-refractivity contribution >= 4 is 10.0 Å². The number of hydrogen-bond acceptors (Lipinski definition) is 4. The Morgan fingerprint density at radius 2 is 2.29 bits per heavy atom. The molecule has 0 aromatic carbocycles. The first-order chi connectivity index (χ1) is 6.60. The minimum Gasteiger partial charge on any atom is -0.396 e. The second-order valence-electron chi connectivity index (χ2n) is 3.61. The highest BCUT2D eigenvalue weighted by atomic mass is 32.2. The molecule has 0 spiro atoms. The molecule has 0 aromatic rings. The molecule has 1 fully saturated rings. The third-order valence-electron chi connectivity index (χ3n) is 2.51. The summed E-state index contributed by atoms with van der Waals surface area (Å²) in [5, 5.41) is 11.7. The van der Waals surface area contributed by atoms with Crippen LogP contribution in [0.25, 0.3) is 0 Å². The van der Waals surface area contributed by atoms with Gasteiger partial charge in [0.25, 0.3) is 0 Å². The Morgan fingerprint density at radius 3 is 2.79 bits per heavy atom. The lowest BCUT2D eigenvalue weighted by atomic mass is 10.1. The number of rotatable bonds is 5. The van der Waals surface area contributed by atoms with Crippen molar-refractivity contribution in [2.24, 2.45) is 5.92 Å². The molecule has 2 N–H and O–H groups in total. The summed E-state index contributed by atoms with van der Waals surface area (Å²) in [6.07, 6.45) is 0.773. The van der Waals surface area contributed by atoms with Gasteiger partial charge in [-0.2, -0.15) is 0 Å². The van der Waals surface area contributed by atoms with Crippen molar-refractivity contribution in [3.63, 3.8) is 0 Å². The molecule has 1 heterocycles. The van der Waals surface area contributed by atoms with Crippen LogP contribution >= 0.6 is 0 Å². The summed E-state index contributed by atoms with van der Waals surface area (Å²) in [7, 11) is -1.37. The predicted molar refractivity (Wildman–Crippen MR) is 54.5 cm³/mol. The molecule has 5 nitrogen and oxygen atoms in total. The van der Waals surface area contributed by atoms with Gasteiger partial charge in [0.2, 0.25) is 10.0 Å². The van der Waals surface area contributed by atoms with Crippen molar-refractivity contribution in [2.45, 2.75) is 6.42 Å². The molecule has 0 aliphatic carbocycles. The average Bonchev–Trinajstić information content (AvgIpc) is 2.63. The summed E-state index contributed by atoms with van der Waals surface area (Å²) >= 11 is 0. The molecule has 0 amide bonds. The van der Waals surface area contributed by atoms with E-state index in [-0.39, 0.29) is 18.3 Å². The normalized spacial score (nSPS) is 24.3. The van der Waals surface area contributed by atoms with Crippen molar-refractivity contribution in [3.05, 3.63) is 0 Å². The largest absolute Gasteiger partial charge is 0.396 e. The van der Waals surface area contributed by atoms with Gasteiger partial charge in [0, 0.05) is 26.2 Å². The molecule has 0 bridgehead atoms. The first-order valence-electron chi connectivity index (χ1n) is 4.83. The number of aliphatic hydroxyl groups excluding tert-OH is 1. The van der Waals surface area contributed by atoms with Crippen molar-refractivity contribution in [3.8, 4) is 0 Å². The average molecular weight is 222 g/mol. The summed E-state index contributed by atoms with van der Waals surface area (Å²) in [6.45, 7) is 1.58. The van der Waals surface area contributed by atoms with Gasteiger partial charge in [-0.3, -0.25) is 0 Å². The number of aliphatic hydroxyl groups is 1. The van der Waals surface area contributed by atoms with Gasteiger partial charge in [-0.05, 0) is 19.4 Å². The SMILES string of the molecule is CNCCS(=O)(=O)N1CCC(CO)C1. The van der Waals surface area contributed by atoms with E-state index in [4.69, 9.17) is 5.11 Å². The number of hydrogen-bond donors (Lipinski definition) is 2. The highest BCUT2D eigenvalue weighted by molar-refractivity contribution is 7.89. The van der Waals surface area contributed by atoms with E-state index in [0.717, 1.165) is 6.42 Å². The van der Waals surface area contributed by atoms with Crippen molar-refractivity contribution in [2.75, 3.05) is 39.0 Å². The maximum absolute atomic E-state index is 11.7. The molecule has 6 heteroatoms. The first kappa shape index (κ1) is 11.9.